The van der Waals surface area contributed by atoms with Crippen LogP contribution in [0.2, 0.25) is 0 Å². The number of aliphatic hydroxyl groups is 1. The van der Waals surface area contributed by atoms with E-state index >= 15 is 0 Å². The molecular formula is C12H25N3O2. The summed E-state index contributed by atoms with van der Waals surface area (Å²) in [6, 6.07) is 0. The minimum atomic E-state index is -0.0630. The summed E-state index contributed by atoms with van der Waals surface area (Å²) in [5.74, 6) is 1.04. The smallest absolute Gasteiger partial charge is 0.139 e. The highest BCUT2D eigenvalue weighted by atomic mass is 16.4. The molecule has 0 amide bonds. The predicted octanol–water partition coefficient (Wildman–Crippen LogP) is 1.04. The first-order chi connectivity index (χ1) is 8.22. The second-order valence-corrected chi connectivity index (χ2v) is 4.93. The zero-order valence-electron chi connectivity index (χ0n) is 10.4. The molecule has 5 heteroatoms. The third kappa shape index (κ3) is 6.48. The number of hydrogen-bond donors (Lipinski definition) is 4. The number of aliphatic hydroxyl groups excluding tert-OH is 1. The zero-order chi connectivity index (χ0) is 12.5. The molecule has 0 spiro atoms. The summed E-state index contributed by atoms with van der Waals surface area (Å²) >= 11 is 0. The molecule has 1 rings (SSSR count). The van der Waals surface area contributed by atoms with Gasteiger partial charge in [-0.15, -0.1) is 0 Å². The highest BCUT2D eigenvalue weighted by Crippen LogP contribution is 2.23. The SMILES string of the molecule is NC(CCCCNCC1CCC(O)CC1)=NO. The van der Waals surface area contributed by atoms with Gasteiger partial charge in [-0.25, -0.2) is 0 Å². The number of nitrogens with one attached hydrogen (secondary N) is 1. The van der Waals surface area contributed by atoms with Crippen LogP contribution in [-0.2, 0) is 0 Å². The lowest BCUT2D eigenvalue weighted by Crippen LogP contribution is -2.28. The topological polar surface area (TPSA) is 90.9 Å². The van der Waals surface area contributed by atoms with Gasteiger partial charge >= 0.3 is 0 Å². The predicted molar refractivity (Wildman–Crippen MR) is 68.1 cm³/mol. The molecule has 0 aliphatic heterocycles. The number of unbranched alkanes of at least 4 members (excludes halogenated alkanes) is 1. The Morgan fingerprint density at radius 3 is 2.59 bits per heavy atom. The lowest BCUT2D eigenvalue weighted by atomic mass is 9.87. The van der Waals surface area contributed by atoms with Gasteiger partial charge in [0.1, 0.15) is 5.84 Å². The molecule has 0 atom stereocenters. The van der Waals surface area contributed by atoms with Gasteiger partial charge in [0.2, 0.25) is 0 Å². The molecule has 0 bridgehead atoms. The first-order valence-electron chi connectivity index (χ1n) is 6.57. The summed E-state index contributed by atoms with van der Waals surface area (Å²) in [7, 11) is 0. The van der Waals surface area contributed by atoms with Gasteiger partial charge in [0.15, 0.2) is 0 Å². The number of hydrogen-bond acceptors (Lipinski definition) is 4. The van der Waals surface area contributed by atoms with E-state index in [0.29, 0.717) is 12.3 Å². The fraction of sp³-hybridized carbons (Fsp3) is 0.917. The maximum absolute atomic E-state index is 9.38. The second kappa shape index (κ2) is 8.31. The van der Waals surface area contributed by atoms with Crippen LogP contribution in [-0.4, -0.2) is 35.3 Å². The van der Waals surface area contributed by atoms with E-state index in [1.165, 1.54) is 0 Å². The van der Waals surface area contributed by atoms with Crippen molar-refractivity contribution < 1.29 is 10.3 Å². The fourth-order valence-corrected chi connectivity index (χ4v) is 2.26. The van der Waals surface area contributed by atoms with Crippen LogP contribution in [0, 0.1) is 5.92 Å². The minimum absolute atomic E-state index is 0.0630. The molecule has 5 N–H and O–H groups in total. The molecule has 1 saturated carbocycles. The van der Waals surface area contributed by atoms with Crippen LogP contribution >= 0.6 is 0 Å². The molecule has 17 heavy (non-hydrogen) atoms. The van der Waals surface area contributed by atoms with Crippen molar-refractivity contribution in [2.45, 2.75) is 51.0 Å². The fourth-order valence-electron chi connectivity index (χ4n) is 2.26. The van der Waals surface area contributed by atoms with Crippen molar-refractivity contribution in [1.29, 1.82) is 0 Å². The minimum Gasteiger partial charge on any atom is -0.409 e. The first-order valence-corrected chi connectivity index (χ1v) is 6.57. The Balaban J connectivity index is 1.90. The largest absolute Gasteiger partial charge is 0.409 e. The van der Waals surface area contributed by atoms with Crippen LogP contribution in [0.25, 0.3) is 0 Å². The average molecular weight is 243 g/mol. The lowest BCUT2D eigenvalue weighted by Gasteiger charge is -2.25. The Morgan fingerprint density at radius 2 is 1.94 bits per heavy atom. The van der Waals surface area contributed by atoms with Crippen LogP contribution in [0.15, 0.2) is 5.16 Å². The van der Waals surface area contributed by atoms with Crippen LogP contribution in [0.3, 0.4) is 0 Å². The van der Waals surface area contributed by atoms with Gasteiger partial charge in [0, 0.05) is 6.42 Å². The summed E-state index contributed by atoms with van der Waals surface area (Å²) < 4.78 is 0. The molecule has 0 unspecified atom stereocenters. The highest BCUT2D eigenvalue weighted by Gasteiger charge is 2.18. The molecule has 0 heterocycles. The van der Waals surface area contributed by atoms with Gasteiger partial charge in [-0.3, -0.25) is 0 Å². The third-order valence-electron chi connectivity index (χ3n) is 3.41. The van der Waals surface area contributed by atoms with E-state index < -0.39 is 0 Å². The average Bonchev–Trinajstić information content (AvgIpc) is 2.35. The molecule has 0 saturated heterocycles. The van der Waals surface area contributed by atoms with Crippen LogP contribution in [0.4, 0.5) is 0 Å². The van der Waals surface area contributed by atoms with E-state index in [9.17, 15) is 5.11 Å². The Hall–Kier alpha value is -0.810. The van der Waals surface area contributed by atoms with Crippen molar-refractivity contribution in [1.82, 2.24) is 5.32 Å². The number of nitrogens with two attached hydrogens (primary N) is 1. The molecule has 5 nitrogen and oxygen atoms in total. The van der Waals surface area contributed by atoms with E-state index in [2.05, 4.69) is 10.5 Å². The van der Waals surface area contributed by atoms with Crippen LogP contribution < -0.4 is 11.1 Å². The number of nitrogens with zero attached hydrogens (tertiary/aromatic N) is 1. The maximum atomic E-state index is 9.38. The van der Waals surface area contributed by atoms with Gasteiger partial charge in [-0.05, 0) is 57.5 Å². The van der Waals surface area contributed by atoms with E-state index in [1.807, 2.05) is 0 Å². The van der Waals surface area contributed by atoms with Gasteiger partial charge in [-0.2, -0.15) is 0 Å². The van der Waals surface area contributed by atoms with Gasteiger partial charge in [0.25, 0.3) is 0 Å². The van der Waals surface area contributed by atoms with Gasteiger partial charge in [0.05, 0.1) is 6.10 Å². The van der Waals surface area contributed by atoms with Crippen LogP contribution in [0.5, 0.6) is 0 Å². The third-order valence-corrected chi connectivity index (χ3v) is 3.41. The van der Waals surface area contributed by atoms with Gasteiger partial charge < -0.3 is 21.4 Å². The summed E-state index contributed by atoms with van der Waals surface area (Å²) in [6.07, 6.45) is 6.78. The molecule has 0 aromatic rings. The Kier molecular flexibility index (Phi) is 6.96. The van der Waals surface area contributed by atoms with Crippen molar-refractivity contribution in [3.8, 4) is 0 Å². The standard InChI is InChI=1S/C12H25N3O2/c13-12(15-17)3-1-2-8-14-9-10-4-6-11(16)7-5-10/h10-11,14,16-17H,1-9H2,(H2,13,15). The first kappa shape index (κ1) is 14.3. The highest BCUT2D eigenvalue weighted by molar-refractivity contribution is 5.79. The lowest BCUT2D eigenvalue weighted by molar-refractivity contribution is 0.108. The van der Waals surface area contributed by atoms with Crippen molar-refractivity contribution >= 4 is 5.84 Å². The monoisotopic (exact) mass is 243 g/mol. The molecule has 1 aliphatic rings. The second-order valence-electron chi connectivity index (χ2n) is 4.93. The zero-order valence-corrected chi connectivity index (χ0v) is 10.4. The van der Waals surface area contributed by atoms with Crippen molar-refractivity contribution in [2.24, 2.45) is 16.8 Å². The van der Waals surface area contributed by atoms with Crippen molar-refractivity contribution in [3.63, 3.8) is 0 Å². The van der Waals surface area contributed by atoms with E-state index in [1.54, 1.807) is 0 Å². The molecule has 1 fully saturated rings. The molecule has 0 aromatic carbocycles. The van der Waals surface area contributed by atoms with Crippen molar-refractivity contribution in [3.05, 3.63) is 0 Å². The summed E-state index contributed by atoms with van der Waals surface area (Å²) in [5, 5.41) is 24.1. The summed E-state index contributed by atoms with van der Waals surface area (Å²) in [6.45, 7) is 2.04. The summed E-state index contributed by atoms with van der Waals surface area (Å²) in [4.78, 5) is 0. The molecule has 100 valence electrons. The molecular weight excluding hydrogens is 218 g/mol. The number of rotatable bonds is 7. The summed E-state index contributed by atoms with van der Waals surface area (Å²) in [5.41, 5.74) is 5.37. The normalized spacial score (nSPS) is 26.1. The Bertz CT molecular complexity index is 226. The number of amidine groups is 1. The van der Waals surface area contributed by atoms with E-state index in [4.69, 9.17) is 10.9 Å². The Labute approximate surface area is 103 Å². The Morgan fingerprint density at radius 1 is 1.24 bits per heavy atom. The molecule has 0 radical (unpaired) electrons. The van der Waals surface area contributed by atoms with Gasteiger partial charge in [-0.1, -0.05) is 5.16 Å². The quantitative estimate of drug-likeness (QED) is 0.177. The van der Waals surface area contributed by atoms with Crippen molar-refractivity contribution in [2.75, 3.05) is 13.1 Å². The van der Waals surface area contributed by atoms with Crippen LogP contribution in [0.1, 0.15) is 44.9 Å². The molecule has 1 aliphatic carbocycles. The molecule has 0 aromatic heterocycles. The number of oxime groups is 1. The van der Waals surface area contributed by atoms with E-state index in [0.717, 1.165) is 57.5 Å². The van der Waals surface area contributed by atoms with E-state index in [-0.39, 0.29) is 6.10 Å². The maximum Gasteiger partial charge on any atom is 0.139 e.